The van der Waals surface area contributed by atoms with Gasteiger partial charge in [0.05, 0.1) is 12.8 Å². The number of hydrogen-bond acceptors (Lipinski definition) is 6. The van der Waals surface area contributed by atoms with Gasteiger partial charge < -0.3 is 15.8 Å². The second-order valence-electron chi connectivity index (χ2n) is 4.75. The summed E-state index contributed by atoms with van der Waals surface area (Å²) in [5.41, 5.74) is 7.27. The number of ketones is 1. The number of nitrogen functional groups attached to an aromatic ring is 1. The van der Waals surface area contributed by atoms with E-state index >= 15 is 0 Å². The summed E-state index contributed by atoms with van der Waals surface area (Å²) in [7, 11) is 1.60. The molecule has 0 radical (unpaired) electrons. The SMILES string of the molecule is COc1ccccc1Nc1nc(N)c(C(=O)c2ccccc2)s1. The topological polar surface area (TPSA) is 77.2 Å². The van der Waals surface area contributed by atoms with Crippen molar-refractivity contribution in [2.45, 2.75) is 0 Å². The molecule has 0 atom stereocenters. The molecule has 0 spiro atoms. The lowest BCUT2D eigenvalue weighted by molar-refractivity contribution is 0.104. The second-order valence-corrected chi connectivity index (χ2v) is 5.75. The molecule has 3 aromatic rings. The van der Waals surface area contributed by atoms with Crippen LogP contribution in [0.1, 0.15) is 15.2 Å². The molecular formula is C17H15N3O2S. The maximum absolute atomic E-state index is 12.5. The third-order valence-corrected chi connectivity index (χ3v) is 4.23. The van der Waals surface area contributed by atoms with Crippen LogP contribution in [0.4, 0.5) is 16.6 Å². The van der Waals surface area contributed by atoms with Crippen LogP contribution in [-0.2, 0) is 0 Å². The predicted octanol–water partition coefficient (Wildman–Crippen LogP) is 3.71. The second kappa shape index (κ2) is 6.50. The summed E-state index contributed by atoms with van der Waals surface area (Å²) in [6.07, 6.45) is 0. The van der Waals surface area contributed by atoms with E-state index in [2.05, 4.69) is 10.3 Å². The first kappa shape index (κ1) is 15.1. The number of ether oxygens (including phenoxy) is 1. The van der Waals surface area contributed by atoms with Gasteiger partial charge in [-0.3, -0.25) is 4.79 Å². The number of nitrogens with one attached hydrogen (secondary N) is 1. The minimum absolute atomic E-state index is 0.131. The summed E-state index contributed by atoms with van der Waals surface area (Å²) in [6.45, 7) is 0. The van der Waals surface area contributed by atoms with Gasteiger partial charge in [0.1, 0.15) is 16.4 Å². The largest absolute Gasteiger partial charge is 0.495 e. The number of hydrogen-bond donors (Lipinski definition) is 2. The molecule has 116 valence electrons. The molecule has 0 amide bonds. The Morgan fingerprint density at radius 1 is 1.13 bits per heavy atom. The number of carbonyl (C=O) groups excluding carboxylic acids is 1. The fourth-order valence-corrected chi connectivity index (χ4v) is 2.99. The van der Waals surface area contributed by atoms with Gasteiger partial charge in [-0.2, -0.15) is 0 Å². The Balaban J connectivity index is 1.88. The molecule has 3 N–H and O–H groups in total. The highest BCUT2D eigenvalue weighted by Crippen LogP contribution is 2.32. The zero-order valence-electron chi connectivity index (χ0n) is 12.4. The fraction of sp³-hybridized carbons (Fsp3) is 0.0588. The van der Waals surface area contributed by atoms with Crippen LogP contribution in [-0.4, -0.2) is 17.9 Å². The smallest absolute Gasteiger partial charge is 0.206 e. The molecule has 3 rings (SSSR count). The van der Waals surface area contributed by atoms with Gasteiger partial charge in [-0.25, -0.2) is 4.98 Å². The average molecular weight is 325 g/mol. The van der Waals surface area contributed by atoms with E-state index in [9.17, 15) is 4.79 Å². The van der Waals surface area contributed by atoms with Gasteiger partial charge >= 0.3 is 0 Å². The molecule has 1 aromatic heterocycles. The number of para-hydroxylation sites is 2. The molecular weight excluding hydrogens is 310 g/mol. The molecule has 23 heavy (non-hydrogen) atoms. The highest BCUT2D eigenvalue weighted by molar-refractivity contribution is 7.18. The van der Waals surface area contributed by atoms with E-state index < -0.39 is 0 Å². The number of aromatic nitrogens is 1. The van der Waals surface area contributed by atoms with E-state index in [1.165, 1.54) is 11.3 Å². The number of nitrogens with two attached hydrogens (primary N) is 1. The van der Waals surface area contributed by atoms with Crippen molar-refractivity contribution in [3.63, 3.8) is 0 Å². The quantitative estimate of drug-likeness (QED) is 0.699. The Morgan fingerprint density at radius 2 is 1.83 bits per heavy atom. The van der Waals surface area contributed by atoms with Gasteiger partial charge in [0.2, 0.25) is 5.78 Å². The van der Waals surface area contributed by atoms with E-state index in [1.54, 1.807) is 19.2 Å². The summed E-state index contributed by atoms with van der Waals surface area (Å²) >= 11 is 1.22. The lowest BCUT2D eigenvalue weighted by Crippen LogP contribution is -2.02. The highest BCUT2D eigenvalue weighted by atomic mass is 32.1. The first-order valence-corrected chi connectivity index (χ1v) is 7.77. The van der Waals surface area contributed by atoms with Crippen molar-refractivity contribution in [3.8, 4) is 5.75 Å². The first-order chi connectivity index (χ1) is 11.2. The molecule has 0 aliphatic rings. The van der Waals surface area contributed by atoms with E-state index in [0.717, 1.165) is 5.69 Å². The normalized spacial score (nSPS) is 10.3. The number of benzene rings is 2. The zero-order chi connectivity index (χ0) is 16.2. The molecule has 0 bridgehead atoms. The molecule has 1 heterocycles. The van der Waals surface area contributed by atoms with E-state index in [4.69, 9.17) is 10.5 Å². The van der Waals surface area contributed by atoms with Crippen molar-refractivity contribution >= 4 is 33.8 Å². The van der Waals surface area contributed by atoms with Crippen molar-refractivity contribution in [1.82, 2.24) is 4.98 Å². The van der Waals surface area contributed by atoms with E-state index in [1.807, 2.05) is 42.5 Å². The predicted molar refractivity (Wildman–Crippen MR) is 92.7 cm³/mol. The summed E-state index contributed by atoms with van der Waals surface area (Å²) in [4.78, 5) is 17.2. The van der Waals surface area contributed by atoms with Gasteiger partial charge in [-0.15, -0.1) is 0 Å². The van der Waals surface area contributed by atoms with E-state index in [0.29, 0.717) is 21.3 Å². The van der Waals surface area contributed by atoms with Gasteiger partial charge in [0.15, 0.2) is 5.13 Å². The lowest BCUT2D eigenvalue weighted by Gasteiger charge is -2.07. The Hall–Kier alpha value is -2.86. The minimum Gasteiger partial charge on any atom is -0.495 e. The number of methoxy groups -OCH3 is 1. The maximum atomic E-state index is 12.5. The molecule has 0 aliphatic heterocycles. The monoisotopic (exact) mass is 325 g/mol. The van der Waals surface area contributed by atoms with Crippen LogP contribution in [0.3, 0.4) is 0 Å². The number of carbonyl (C=O) groups is 1. The van der Waals surface area contributed by atoms with Crippen LogP contribution in [0.2, 0.25) is 0 Å². The van der Waals surface area contributed by atoms with Crippen molar-refractivity contribution in [3.05, 3.63) is 65.0 Å². The molecule has 0 aliphatic carbocycles. The Bertz CT molecular complexity index is 831. The maximum Gasteiger partial charge on any atom is 0.206 e. The van der Waals surface area contributed by atoms with Crippen LogP contribution in [0, 0.1) is 0 Å². The molecule has 0 saturated carbocycles. The fourth-order valence-electron chi connectivity index (χ4n) is 2.13. The van der Waals surface area contributed by atoms with Gasteiger partial charge in [-0.1, -0.05) is 53.8 Å². The van der Waals surface area contributed by atoms with Crippen molar-refractivity contribution in [2.24, 2.45) is 0 Å². The molecule has 0 fully saturated rings. The summed E-state index contributed by atoms with van der Waals surface area (Å²) in [5.74, 6) is 0.784. The van der Waals surface area contributed by atoms with Crippen molar-refractivity contribution in [1.29, 1.82) is 0 Å². The minimum atomic E-state index is -0.131. The molecule has 2 aromatic carbocycles. The van der Waals surface area contributed by atoms with Gasteiger partial charge in [-0.05, 0) is 12.1 Å². The number of anilines is 3. The van der Waals surface area contributed by atoms with Gasteiger partial charge in [0.25, 0.3) is 0 Å². The van der Waals surface area contributed by atoms with Crippen LogP contribution >= 0.6 is 11.3 Å². The lowest BCUT2D eigenvalue weighted by atomic mass is 10.1. The third-order valence-electron chi connectivity index (χ3n) is 3.24. The summed E-state index contributed by atoms with van der Waals surface area (Å²) in [5, 5.41) is 3.69. The van der Waals surface area contributed by atoms with Crippen molar-refractivity contribution < 1.29 is 9.53 Å². The Morgan fingerprint density at radius 3 is 2.57 bits per heavy atom. The summed E-state index contributed by atoms with van der Waals surface area (Å²) in [6, 6.07) is 16.5. The highest BCUT2D eigenvalue weighted by Gasteiger charge is 2.18. The molecule has 6 heteroatoms. The third kappa shape index (κ3) is 3.17. The summed E-state index contributed by atoms with van der Waals surface area (Å²) < 4.78 is 5.29. The van der Waals surface area contributed by atoms with Crippen LogP contribution in [0.5, 0.6) is 5.75 Å². The van der Waals surface area contributed by atoms with Crippen LogP contribution in [0.25, 0.3) is 0 Å². The molecule has 5 nitrogen and oxygen atoms in total. The van der Waals surface area contributed by atoms with Gasteiger partial charge in [0, 0.05) is 5.56 Å². The number of nitrogens with zero attached hydrogens (tertiary/aromatic N) is 1. The first-order valence-electron chi connectivity index (χ1n) is 6.95. The zero-order valence-corrected chi connectivity index (χ0v) is 13.3. The molecule has 0 saturated heterocycles. The van der Waals surface area contributed by atoms with Crippen molar-refractivity contribution in [2.75, 3.05) is 18.2 Å². The van der Waals surface area contributed by atoms with Crippen LogP contribution < -0.4 is 15.8 Å². The van der Waals surface area contributed by atoms with E-state index in [-0.39, 0.29) is 11.6 Å². The standard InChI is InChI=1S/C17H15N3O2S/c1-22-13-10-6-5-9-12(13)19-17-20-16(18)15(23-17)14(21)11-7-3-2-4-8-11/h2-10H,18H2,1H3,(H,19,20). The van der Waals surface area contributed by atoms with Crippen LogP contribution in [0.15, 0.2) is 54.6 Å². The molecule has 0 unspecified atom stereocenters. The Labute approximate surface area is 137 Å². The number of thiazole rings is 1. The number of rotatable bonds is 5. The average Bonchev–Trinajstić information content (AvgIpc) is 2.96. The Kier molecular flexibility index (Phi) is 4.25.